The van der Waals surface area contributed by atoms with Crippen molar-refractivity contribution in [2.45, 2.75) is 25.5 Å². The molecule has 0 spiro atoms. The monoisotopic (exact) mass is 312 g/mol. The van der Waals surface area contributed by atoms with E-state index in [0.717, 1.165) is 18.1 Å². The fraction of sp³-hybridized carbons (Fsp3) is 0.533. The highest BCUT2D eigenvalue weighted by molar-refractivity contribution is 7.99. The molecule has 1 aliphatic rings. The van der Waals surface area contributed by atoms with Gasteiger partial charge in [-0.2, -0.15) is 11.8 Å². The van der Waals surface area contributed by atoms with E-state index in [1.165, 1.54) is 12.1 Å². The minimum Gasteiger partial charge on any atom is -0.489 e. The van der Waals surface area contributed by atoms with E-state index in [1.54, 1.807) is 12.1 Å². The van der Waals surface area contributed by atoms with Crippen molar-refractivity contribution in [2.24, 2.45) is 0 Å². The van der Waals surface area contributed by atoms with E-state index in [1.807, 2.05) is 18.7 Å². The smallest absolute Gasteiger partial charge is 0.221 e. The fourth-order valence-corrected chi connectivity index (χ4v) is 3.04. The van der Waals surface area contributed by atoms with Gasteiger partial charge in [0.15, 0.2) is 0 Å². The van der Waals surface area contributed by atoms with Crippen LogP contribution in [0.3, 0.4) is 0 Å². The number of amides is 1. The molecule has 2 N–H and O–H groups in total. The average molecular weight is 312 g/mol. The summed E-state index contributed by atoms with van der Waals surface area (Å²) in [5.41, 5.74) is 0. The standard InChI is InChI=1S/C15H21FN2O2S/c1-11(20-14-4-2-12(16)3-5-14)9-18-15(19)8-13-10-21-7-6-17-13/h2-5,11,13,17H,6-10H2,1H3,(H,18,19). The average Bonchev–Trinajstić information content (AvgIpc) is 2.49. The normalized spacial score (nSPS) is 19.8. The number of carbonyl (C=O) groups excluding carboxylic acids is 1. The summed E-state index contributed by atoms with van der Waals surface area (Å²) in [6.45, 7) is 3.28. The van der Waals surface area contributed by atoms with E-state index >= 15 is 0 Å². The van der Waals surface area contributed by atoms with E-state index in [0.29, 0.717) is 18.7 Å². The molecule has 1 amide bonds. The number of hydrogen-bond donors (Lipinski definition) is 2. The Kier molecular flexibility index (Phi) is 6.32. The minimum absolute atomic E-state index is 0.0320. The van der Waals surface area contributed by atoms with Crippen LogP contribution in [-0.2, 0) is 4.79 Å². The Hall–Kier alpha value is -1.27. The third-order valence-electron chi connectivity index (χ3n) is 3.17. The SMILES string of the molecule is CC(CNC(=O)CC1CSCCN1)Oc1ccc(F)cc1. The van der Waals surface area contributed by atoms with Crippen LogP contribution in [0, 0.1) is 5.82 Å². The summed E-state index contributed by atoms with van der Waals surface area (Å²) in [5, 5.41) is 6.21. The molecular formula is C15H21FN2O2S. The molecule has 0 aliphatic carbocycles. The van der Waals surface area contributed by atoms with Gasteiger partial charge in [-0.3, -0.25) is 4.79 Å². The Morgan fingerprint density at radius 2 is 2.29 bits per heavy atom. The molecule has 1 fully saturated rings. The largest absolute Gasteiger partial charge is 0.489 e. The van der Waals surface area contributed by atoms with Crippen LogP contribution in [0.2, 0.25) is 0 Å². The van der Waals surface area contributed by atoms with Crippen LogP contribution in [0.1, 0.15) is 13.3 Å². The maximum absolute atomic E-state index is 12.8. The van der Waals surface area contributed by atoms with Crippen LogP contribution < -0.4 is 15.4 Å². The molecule has 6 heteroatoms. The van der Waals surface area contributed by atoms with Gasteiger partial charge in [0.1, 0.15) is 17.7 Å². The second kappa shape index (κ2) is 8.24. The van der Waals surface area contributed by atoms with E-state index in [9.17, 15) is 9.18 Å². The van der Waals surface area contributed by atoms with Crippen LogP contribution in [-0.4, -0.2) is 42.6 Å². The topological polar surface area (TPSA) is 50.4 Å². The number of rotatable bonds is 6. The van der Waals surface area contributed by atoms with Gasteiger partial charge in [-0.15, -0.1) is 0 Å². The van der Waals surface area contributed by atoms with Gasteiger partial charge in [0.05, 0.1) is 6.54 Å². The van der Waals surface area contributed by atoms with Gasteiger partial charge in [0, 0.05) is 30.5 Å². The molecule has 4 nitrogen and oxygen atoms in total. The van der Waals surface area contributed by atoms with Crippen molar-refractivity contribution in [1.29, 1.82) is 0 Å². The molecule has 1 aromatic carbocycles. The maximum Gasteiger partial charge on any atom is 0.221 e. The zero-order valence-corrected chi connectivity index (χ0v) is 12.9. The van der Waals surface area contributed by atoms with Crippen molar-refractivity contribution in [1.82, 2.24) is 10.6 Å². The van der Waals surface area contributed by atoms with Gasteiger partial charge in [-0.1, -0.05) is 0 Å². The van der Waals surface area contributed by atoms with Gasteiger partial charge >= 0.3 is 0 Å². The molecule has 1 heterocycles. The second-order valence-electron chi connectivity index (χ2n) is 5.12. The van der Waals surface area contributed by atoms with Crippen LogP contribution in [0.15, 0.2) is 24.3 Å². The number of nitrogens with one attached hydrogen (secondary N) is 2. The number of ether oxygens (including phenoxy) is 1. The van der Waals surface area contributed by atoms with Crippen molar-refractivity contribution in [3.8, 4) is 5.75 Å². The first-order valence-electron chi connectivity index (χ1n) is 7.13. The molecule has 0 saturated carbocycles. The summed E-state index contributed by atoms with van der Waals surface area (Å²) in [5.74, 6) is 2.43. The number of thioether (sulfide) groups is 1. The highest BCUT2D eigenvalue weighted by atomic mass is 32.2. The molecular weight excluding hydrogens is 291 g/mol. The Bertz CT molecular complexity index is 449. The van der Waals surface area contributed by atoms with Gasteiger partial charge < -0.3 is 15.4 Å². The van der Waals surface area contributed by atoms with E-state index in [-0.39, 0.29) is 23.9 Å². The summed E-state index contributed by atoms with van der Waals surface area (Å²) in [6, 6.07) is 6.13. The fourth-order valence-electron chi connectivity index (χ4n) is 2.09. The van der Waals surface area contributed by atoms with Gasteiger partial charge in [-0.05, 0) is 31.2 Å². The molecule has 21 heavy (non-hydrogen) atoms. The Labute approximate surface area is 128 Å². The molecule has 0 aromatic heterocycles. The number of benzene rings is 1. The molecule has 2 atom stereocenters. The Morgan fingerprint density at radius 3 is 2.95 bits per heavy atom. The van der Waals surface area contributed by atoms with E-state index < -0.39 is 0 Å². The van der Waals surface area contributed by atoms with Crippen molar-refractivity contribution in [3.63, 3.8) is 0 Å². The predicted molar refractivity (Wildman–Crippen MR) is 83.2 cm³/mol. The lowest BCUT2D eigenvalue weighted by atomic mass is 10.2. The number of carbonyl (C=O) groups is 1. The molecule has 0 bridgehead atoms. The molecule has 0 radical (unpaired) electrons. The Morgan fingerprint density at radius 1 is 1.52 bits per heavy atom. The van der Waals surface area contributed by atoms with Gasteiger partial charge in [-0.25, -0.2) is 4.39 Å². The number of hydrogen-bond acceptors (Lipinski definition) is 4. The third kappa shape index (κ3) is 5.93. The minimum atomic E-state index is -0.291. The maximum atomic E-state index is 12.8. The van der Waals surface area contributed by atoms with Crippen LogP contribution in [0.4, 0.5) is 4.39 Å². The molecule has 1 aromatic rings. The predicted octanol–water partition coefficient (Wildman–Crippen LogP) is 1.80. The lowest BCUT2D eigenvalue weighted by molar-refractivity contribution is -0.121. The summed E-state index contributed by atoms with van der Waals surface area (Å²) in [6.07, 6.45) is 0.337. The number of halogens is 1. The lowest BCUT2D eigenvalue weighted by Crippen LogP contribution is -2.42. The molecule has 116 valence electrons. The van der Waals surface area contributed by atoms with Crippen LogP contribution >= 0.6 is 11.8 Å². The van der Waals surface area contributed by atoms with E-state index in [2.05, 4.69) is 10.6 Å². The highest BCUT2D eigenvalue weighted by Crippen LogP contribution is 2.13. The first kappa shape index (κ1) is 16.1. The summed E-state index contributed by atoms with van der Waals surface area (Å²) < 4.78 is 18.4. The molecule has 1 aliphatic heterocycles. The zero-order valence-electron chi connectivity index (χ0n) is 12.1. The van der Waals surface area contributed by atoms with Crippen LogP contribution in [0.5, 0.6) is 5.75 Å². The van der Waals surface area contributed by atoms with Gasteiger partial charge in [0.25, 0.3) is 0 Å². The van der Waals surface area contributed by atoms with Crippen molar-refractivity contribution in [2.75, 3.05) is 24.6 Å². The quantitative estimate of drug-likeness (QED) is 0.841. The molecule has 1 saturated heterocycles. The first-order chi connectivity index (χ1) is 10.1. The highest BCUT2D eigenvalue weighted by Gasteiger charge is 2.17. The van der Waals surface area contributed by atoms with Crippen LogP contribution in [0.25, 0.3) is 0 Å². The molecule has 2 unspecified atom stereocenters. The third-order valence-corrected chi connectivity index (χ3v) is 4.30. The van der Waals surface area contributed by atoms with Crippen molar-refractivity contribution >= 4 is 17.7 Å². The second-order valence-corrected chi connectivity index (χ2v) is 6.27. The van der Waals surface area contributed by atoms with Gasteiger partial charge in [0.2, 0.25) is 5.91 Å². The summed E-state index contributed by atoms with van der Waals surface area (Å²) in [4.78, 5) is 11.8. The van der Waals surface area contributed by atoms with Crippen molar-refractivity contribution in [3.05, 3.63) is 30.1 Å². The molecule has 2 rings (SSSR count). The lowest BCUT2D eigenvalue weighted by Gasteiger charge is -2.23. The Balaban J connectivity index is 1.66. The van der Waals surface area contributed by atoms with Crippen molar-refractivity contribution < 1.29 is 13.9 Å². The summed E-state index contributed by atoms with van der Waals surface area (Å²) in [7, 11) is 0. The van der Waals surface area contributed by atoms with E-state index in [4.69, 9.17) is 4.74 Å². The zero-order chi connectivity index (χ0) is 15.1. The first-order valence-corrected chi connectivity index (χ1v) is 8.29. The summed E-state index contributed by atoms with van der Waals surface area (Å²) >= 11 is 1.87.